The van der Waals surface area contributed by atoms with Crippen LogP contribution < -0.4 is 5.32 Å². The zero-order valence-corrected chi connectivity index (χ0v) is 10.2. The molecular formula is C14H9F2N3O. The molecule has 2 aromatic heterocycles. The number of carbonyl (C=O) groups is 1. The highest BCUT2D eigenvalue weighted by Gasteiger charge is 2.13. The van der Waals surface area contributed by atoms with Crippen LogP contribution in [0.4, 0.5) is 14.5 Å². The Morgan fingerprint density at radius 2 is 2.05 bits per heavy atom. The Morgan fingerprint density at radius 1 is 1.20 bits per heavy atom. The minimum atomic E-state index is -0.705. The lowest BCUT2D eigenvalue weighted by molar-refractivity contribution is 0.102. The number of pyridine rings is 1. The van der Waals surface area contributed by atoms with Gasteiger partial charge in [-0.1, -0.05) is 6.07 Å². The molecule has 3 aromatic rings. The van der Waals surface area contributed by atoms with Gasteiger partial charge in [-0.15, -0.1) is 0 Å². The standard InChI is InChI=1S/C14H9F2N3O/c15-9-4-5-10(16)11(7-9)18-14(20)12-8-19-6-2-1-3-13(19)17-12/h1-8H,(H,18,20). The molecule has 6 heteroatoms. The third-order valence-corrected chi connectivity index (χ3v) is 2.77. The van der Waals surface area contributed by atoms with Crippen LogP contribution in [0.2, 0.25) is 0 Å². The molecule has 20 heavy (non-hydrogen) atoms. The van der Waals surface area contributed by atoms with Crippen LogP contribution in [0.1, 0.15) is 10.5 Å². The molecule has 0 aliphatic rings. The van der Waals surface area contributed by atoms with Crippen molar-refractivity contribution in [3.05, 3.63) is 66.1 Å². The molecule has 1 N–H and O–H groups in total. The Balaban J connectivity index is 1.90. The van der Waals surface area contributed by atoms with Crippen LogP contribution >= 0.6 is 0 Å². The number of fused-ring (bicyclic) bond motifs is 1. The van der Waals surface area contributed by atoms with Crippen LogP contribution in [0.15, 0.2) is 48.8 Å². The molecule has 0 atom stereocenters. The molecule has 100 valence electrons. The minimum absolute atomic E-state index is 0.125. The van der Waals surface area contributed by atoms with Crippen molar-refractivity contribution in [2.24, 2.45) is 0 Å². The van der Waals surface area contributed by atoms with E-state index in [0.29, 0.717) is 5.65 Å². The second-order valence-corrected chi connectivity index (χ2v) is 4.17. The SMILES string of the molecule is O=C(Nc1cc(F)ccc1F)c1cn2ccccc2n1. The van der Waals surface area contributed by atoms with E-state index in [1.807, 2.05) is 0 Å². The molecule has 0 unspecified atom stereocenters. The van der Waals surface area contributed by atoms with Gasteiger partial charge in [0, 0.05) is 18.5 Å². The molecular weight excluding hydrogens is 264 g/mol. The summed E-state index contributed by atoms with van der Waals surface area (Å²) in [7, 11) is 0. The number of carbonyl (C=O) groups excluding carboxylic acids is 1. The molecule has 0 radical (unpaired) electrons. The minimum Gasteiger partial charge on any atom is -0.318 e. The molecule has 0 fully saturated rings. The van der Waals surface area contributed by atoms with Gasteiger partial charge in [0.1, 0.15) is 23.0 Å². The molecule has 0 saturated heterocycles. The summed E-state index contributed by atoms with van der Waals surface area (Å²) in [5.74, 6) is -1.93. The van der Waals surface area contributed by atoms with Crippen LogP contribution in [0, 0.1) is 11.6 Å². The maximum atomic E-state index is 13.4. The van der Waals surface area contributed by atoms with E-state index in [9.17, 15) is 13.6 Å². The average Bonchev–Trinajstić information content (AvgIpc) is 2.87. The number of hydrogen-bond acceptors (Lipinski definition) is 2. The van der Waals surface area contributed by atoms with Gasteiger partial charge in [-0.05, 0) is 24.3 Å². The number of imidazole rings is 1. The maximum Gasteiger partial charge on any atom is 0.275 e. The number of benzene rings is 1. The zero-order valence-electron chi connectivity index (χ0n) is 10.2. The highest BCUT2D eigenvalue weighted by Crippen LogP contribution is 2.16. The van der Waals surface area contributed by atoms with E-state index in [0.717, 1.165) is 18.2 Å². The Hall–Kier alpha value is -2.76. The molecule has 4 nitrogen and oxygen atoms in total. The van der Waals surface area contributed by atoms with Crippen LogP contribution in [0.25, 0.3) is 5.65 Å². The monoisotopic (exact) mass is 273 g/mol. The number of aromatic nitrogens is 2. The van der Waals surface area contributed by atoms with Crippen molar-refractivity contribution in [3.63, 3.8) is 0 Å². The molecule has 0 spiro atoms. The topological polar surface area (TPSA) is 46.4 Å². The molecule has 1 amide bonds. The number of hydrogen-bond donors (Lipinski definition) is 1. The predicted molar refractivity (Wildman–Crippen MR) is 69.5 cm³/mol. The fraction of sp³-hybridized carbons (Fsp3) is 0. The van der Waals surface area contributed by atoms with Gasteiger partial charge >= 0.3 is 0 Å². The van der Waals surface area contributed by atoms with E-state index in [-0.39, 0.29) is 11.4 Å². The average molecular weight is 273 g/mol. The first kappa shape index (κ1) is 12.3. The zero-order chi connectivity index (χ0) is 14.1. The number of rotatable bonds is 2. The van der Waals surface area contributed by atoms with Gasteiger partial charge < -0.3 is 9.72 Å². The van der Waals surface area contributed by atoms with Crippen LogP contribution in [-0.2, 0) is 0 Å². The van der Waals surface area contributed by atoms with Gasteiger partial charge in [-0.2, -0.15) is 0 Å². The van der Waals surface area contributed by atoms with Gasteiger partial charge in [-0.25, -0.2) is 13.8 Å². The Kier molecular flexibility index (Phi) is 2.90. The summed E-state index contributed by atoms with van der Waals surface area (Å²) in [6, 6.07) is 8.17. The van der Waals surface area contributed by atoms with E-state index < -0.39 is 17.5 Å². The summed E-state index contributed by atoms with van der Waals surface area (Å²) in [6.45, 7) is 0. The van der Waals surface area contributed by atoms with Crippen LogP contribution in [0.5, 0.6) is 0 Å². The van der Waals surface area contributed by atoms with Gasteiger partial charge in [0.15, 0.2) is 0 Å². The second-order valence-electron chi connectivity index (χ2n) is 4.17. The van der Waals surface area contributed by atoms with E-state index in [2.05, 4.69) is 10.3 Å². The predicted octanol–water partition coefficient (Wildman–Crippen LogP) is 2.86. The number of halogens is 2. The molecule has 1 aromatic carbocycles. The maximum absolute atomic E-state index is 13.4. The van der Waals surface area contributed by atoms with Crippen molar-refractivity contribution in [3.8, 4) is 0 Å². The third-order valence-electron chi connectivity index (χ3n) is 2.77. The Morgan fingerprint density at radius 3 is 2.85 bits per heavy atom. The summed E-state index contributed by atoms with van der Waals surface area (Å²) in [5, 5.41) is 2.30. The van der Waals surface area contributed by atoms with Crippen molar-refractivity contribution in [1.82, 2.24) is 9.38 Å². The first-order chi connectivity index (χ1) is 9.63. The van der Waals surface area contributed by atoms with Gasteiger partial charge in [0.05, 0.1) is 5.69 Å². The van der Waals surface area contributed by atoms with Crippen molar-refractivity contribution >= 4 is 17.2 Å². The lowest BCUT2D eigenvalue weighted by Gasteiger charge is -2.04. The number of nitrogens with one attached hydrogen (secondary N) is 1. The van der Waals surface area contributed by atoms with E-state index in [4.69, 9.17) is 0 Å². The smallest absolute Gasteiger partial charge is 0.275 e. The first-order valence-corrected chi connectivity index (χ1v) is 5.83. The van der Waals surface area contributed by atoms with Crippen LogP contribution in [0.3, 0.4) is 0 Å². The van der Waals surface area contributed by atoms with E-state index in [1.54, 1.807) is 28.8 Å². The summed E-state index contributed by atoms with van der Waals surface area (Å²) >= 11 is 0. The van der Waals surface area contributed by atoms with Gasteiger partial charge in [0.25, 0.3) is 5.91 Å². The lowest BCUT2D eigenvalue weighted by atomic mass is 10.3. The normalized spacial score (nSPS) is 10.7. The Labute approximate surface area is 112 Å². The van der Waals surface area contributed by atoms with E-state index >= 15 is 0 Å². The van der Waals surface area contributed by atoms with Crippen molar-refractivity contribution in [2.75, 3.05) is 5.32 Å². The van der Waals surface area contributed by atoms with Gasteiger partial charge in [0.2, 0.25) is 0 Å². The number of anilines is 1. The summed E-state index contributed by atoms with van der Waals surface area (Å²) < 4.78 is 28.1. The lowest BCUT2D eigenvalue weighted by Crippen LogP contribution is -2.13. The molecule has 0 saturated carbocycles. The molecule has 0 aliphatic carbocycles. The largest absolute Gasteiger partial charge is 0.318 e. The quantitative estimate of drug-likeness (QED) is 0.780. The highest BCUT2D eigenvalue weighted by molar-refractivity contribution is 6.03. The fourth-order valence-corrected chi connectivity index (χ4v) is 1.82. The molecule has 3 rings (SSSR count). The molecule has 2 heterocycles. The number of nitrogens with zero attached hydrogens (tertiary/aromatic N) is 2. The summed E-state index contributed by atoms with van der Waals surface area (Å²) in [6.07, 6.45) is 3.25. The second kappa shape index (κ2) is 4.73. The molecule has 0 aliphatic heterocycles. The van der Waals surface area contributed by atoms with Crippen LogP contribution in [-0.4, -0.2) is 15.3 Å². The first-order valence-electron chi connectivity index (χ1n) is 5.83. The summed E-state index contributed by atoms with van der Waals surface area (Å²) in [4.78, 5) is 16.1. The fourth-order valence-electron chi connectivity index (χ4n) is 1.82. The van der Waals surface area contributed by atoms with Crippen molar-refractivity contribution in [2.45, 2.75) is 0 Å². The van der Waals surface area contributed by atoms with Crippen molar-refractivity contribution < 1.29 is 13.6 Å². The molecule has 0 bridgehead atoms. The van der Waals surface area contributed by atoms with Gasteiger partial charge in [-0.3, -0.25) is 4.79 Å². The van der Waals surface area contributed by atoms with E-state index in [1.165, 1.54) is 6.20 Å². The third kappa shape index (κ3) is 2.23. The summed E-state index contributed by atoms with van der Waals surface area (Å²) in [5.41, 5.74) is 0.504. The van der Waals surface area contributed by atoms with Crippen molar-refractivity contribution in [1.29, 1.82) is 0 Å². The Bertz CT molecular complexity index is 765. The number of amides is 1. The highest BCUT2D eigenvalue weighted by atomic mass is 19.1.